The third-order valence-electron chi connectivity index (χ3n) is 2.66. The second-order valence-electron chi connectivity index (χ2n) is 3.70. The maximum atomic E-state index is 11.7. The van der Waals surface area contributed by atoms with Crippen LogP contribution in [-0.2, 0) is 10.0 Å². The second-order valence-corrected chi connectivity index (χ2v) is 5.79. The lowest BCUT2D eigenvalue weighted by atomic mass is 10.1. The molecule has 0 aliphatic heterocycles. The Morgan fingerprint density at radius 1 is 1.14 bits per heavy atom. The van der Waals surface area contributed by atoms with Crippen molar-refractivity contribution in [2.45, 2.75) is 40.5 Å². The largest absolute Gasteiger partial charge is 0.214 e. The topological polar surface area (TPSA) is 37.4 Å². The summed E-state index contributed by atoms with van der Waals surface area (Å²) in [5.41, 5.74) is 0. The van der Waals surface area contributed by atoms with Gasteiger partial charge in [0.15, 0.2) is 0 Å². The first-order valence-electron chi connectivity index (χ1n) is 5.45. The van der Waals surface area contributed by atoms with Gasteiger partial charge in [-0.1, -0.05) is 34.1 Å². The Morgan fingerprint density at radius 2 is 1.64 bits per heavy atom. The number of nitrogens with zero attached hydrogens (tertiary/aromatic N) is 1. The standard InChI is InChI=1S/C10H23NO2S/c1-5-10(4)8-9-14(12,13)11(6-2)7-3/h10H,5-9H2,1-4H3. The molecule has 0 rings (SSSR count). The van der Waals surface area contributed by atoms with Gasteiger partial charge in [0.25, 0.3) is 0 Å². The molecule has 0 saturated carbocycles. The Balaban J connectivity index is 4.20. The molecule has 0 aromatic rings. The second kappa shape index (κ2) is 6.40. The first-order chi connectivity index (χ1) is 6.47. The van der Waals surface area contributed by atoms with Gasteiger partial charge in [0.2, 0.25) is 10.0 Å². The molecule has 3 nitrogen and oxygen atoms in total. The summed E-state index contributed by atoms with van der Waals surface area (Å²) in [5.74, 6) is 0.796. The molecule has 0 bridgehead atoms. The van der Waals surface area contributed by atoms with E-state index in [4.69, 9.17) is 0 Å². The van der Waals surface area contributed by atoms with Crippen molar-refractivity contribution < 1.29 is 8.42 Å². The van der Waals surface area contributed by atoms with Crippen LogP contribution in [0.2, 0.25) is 0 Å². The molecule has 0 spiro atoms. The predicted octanol–water partition coefficient (Wildman–Crippen LogP) is 2.09. The monoisotopic (exact) mass is 221 g/mol. The van der Waals surface area contributed by atoms with Gasteiger partial charge in [0.1, 0.15) is 0 Å². The van der Waals surface area contributed by atoms with Crippen LogP contribution in [0.15, 0.2) is 0 Å². The summed E-state index contributed by atoms with van der Waals surface area (Å²) in [5, 5.41) is 0. The highest BCUT2D eigenvalue weighted by atomic mass is 32.2. The molecule has 0 N–H and O–H groups in total. The lowest BCUT2D eigenvalue weighted by molar-refractivity contribution is 0.437. The molecule has 1 atom stereocenters. The molecule has 0 heterocycles. The summed E-state index contributed by atoms with van der Waals surface area (Å²) in [6.07, 6.45) is 1.82. The van der Waals surface area contributed by atoms with Crippen molar-refractivity contribution in [3.05, 3.63) is 0 Å². The van der Waals surface area contributed by atoms with Crippen molar-refractivity contribution in [1.29, 1.82) is 0 Å². The fourth-order valence-corrected chi connectivity index (χ4v) is 3.05. The van der Waals surface area contributed by atoms with Gasteiger partial charge >= 0.3 is 0 Å². The molecule has 4 heteroatoms. The fraction of sp³-hybridized carbons (Fsp3) is 1.00. The molecular formula is C10H23NO2S. The quantitative estimate of drug-likeness (QED) is 0.660. The van der Waals surface area contributed by atoms with Crippen LogP contribution in [-0.4, -0.2) is 31.6 Å². The van der Waals surface area contributed by atoms with Crippen LogP contribution in [0.3, 0.4) is 0 Å². The predicted molar refractivity (Wildman–Crippen MR) is 60.8 cm³/mol. The van der Waals surface area contributed by atoms with Gasteiger partial charge in [-0.2, -0.15) is 0 Å². The maximum absolute atomic E-state index is 11.7. The minimum atomic E-state index is -2.99. The van der Waals surface area contributed by atoms with E-state index < -0.39 is 10.0 Å². The van der Waals surface area contributed by atoms with Crippen LogP contribution in [0.4, 0.5) is 0 Å². The Labute approximate surface area is 88.5 Å². The lowest BCUT2D eigenvalue weighted by Crippen LogP contribution is -2.33. The van der Waals surface area contributed by atoms with Crippen LogP contribution in [0, 0.1) is 5.92 Å². The van der Waals surface area contributed by atoms with Crippen LogP contribution in [0.25, 0.3) is 0 Å². The summed E-state index contributed by atoms with van der Waals surface area (Å²) >= 11 is 0. The minimum absolute atomic E-state index is 0.295. The van der Waals surface area contributed by atoms with Crippen molar-refractivity contribution in [2.24, 2.45) is 5.92 Å². The first-order valence-corrected chi connectivity index (χ1v) is 7.06. The third kappa shape index (κ3) is 4.42. The molecule has 86 valence electrons. The number of hydrogen-bond acceptors (Lipinski definition) is 2. The average Bonchev–Trinajstić information content (AvgIpc) is 2.15. The molecular weight excluding hydrogens is 198 g/mol. The van der Waals surface area contributed by atoms with E-state index in [-0.39, 0.29) is 0 Å². The summed E-state index contributed by atoms with van der Waals surface area (Å²) in [7, 11) is -2.99. The van der Waals surface area contributed by atoms with Crippen molar-refractivity contribution in [1.82, 2.24) is 4.31 Å². The summed E-state index contributed by atoms with van der Waals surface area (Å²) in [4.78, 5) is 0. The molecule has 0 aliphatic carbocycles. The lowest BCUT2D eigenvalue weighted by Gasteiger charge is -2.19. The fourth-order valence-electron chi connectivity index (χ4n) is 1.30. The SMILES string of the molecule is CCC(C)CCS(=O)(=O)N(CC)CC. The van der Waals surface area contributed by atoms with Gasteiger partial charge in [0, 0.05) is 13.1 Å². The van der Waals surface area contributed by atoms with Crippen molar-refractivity contribution in [3.8, 4) is 0 Å². The maximum Gasteiger partial charge on any atom is 0.214 e. The van der Waals surface area contributed by atoms with Gasteiger partial charge in [-0.3, -0.25) is 0 Å². The van der Waals surface area contributed by atoms with E-state index in [0.29, 0.717) is 24.8 Å². The average molecular weight is 221 g/mol. The van der Waals surface area contributed by atoms with E-state index in [1.807, 2.05) is 13.8 Å². The summed E-state index contributed by atoms with van der Waals surface area (Å²) in [6.45, 7) is 9.11. The highest BCUT2D eigenvalue weighted by Gasteiger charge is 2.18. The third-order valence-corrected chi connectivity index (χ3v) is 4.72. The highest BCUT2D eigenvalue weighted by Crippen LogP contribution is 2.10. The molecule has 14 heavy (non-hydrogen) atoms. The summed E-state index contributed by atoms with van der Waals surface area (Å²) < 4.78 is 25.0. The van der Waals surface area contributed by atoms with Crippen LogP contribution in [0.1, 0.15) is 40.5 Å². The zero-order chi connectivity index (χ0) is 11.2. The van der Waals surface area contributed by atoms with Gasteiger partial charge < -0.3 is 0 Å². The zero-order valence-corrected chi connectivity index (χ0v) is 10.6. The Morgan fingerprint density at radius 3 is 2.00 bits per heavy atom. The molecule has 1 unspecified atom stereocenters. The Bertz CT molecular complexity index is 233. The molecule has 0 radical (unpaired) electrons. The highest BCUT2D eigenvalue weighted by molar-refractivity contribution is 7.89. The van der Waals surface area contributed by atoms with Crippen molar-refractivity contribution in [3.63, 3.8) is 0 Å². The molecule has 0 aromatic heterocycles. The first kappa shape index (κ1) is 13.9. The van der Waals surface area contributed by atoms with E-state index in [0.717, 1.165) is 12.8 Å². The van der Waals surface area contributed by atoms with Crippen molar-refractivity contribution in [2.75, 3.05) is 18.8 Å². The van der Waals surface area contributed by atoms with Crippen LogP contribution < -0.4 is 0 Å². The molecule has 0 amide bonds. The minimum Gasteiger partial charge on any atom is -0.212 e. The van der Waals surface area contributed by atoms with Crippen molar-refractivity contribution >= 4 is 10.0 Å². The number of rotatable bonds is 7. The van der Waals surface area contributed by atoms with E-state index >= 15 is 0 Å². The molecule has 0 saturated heterocycles. The van der Waals surface area contributed by atoms with Gasteiger partial charge in [-0.05, 0) is 12.3 Å². The number of sulfonamides is 1. The van der Waals surface area contributed by atoms with E-state index in [2.05, 4.69) is 13.8 Å². The van der Waals surface area contributed by atoms with Crippen LogP contribution in [0.5, 0.6) is 0 Å². The molecule has 0 aliphatic rings. The Kier molecular flexibility index (Phi) is 6.36. The van der Waals surface area contributed by atoms with Gasteiger partial charge in [-0.15, -0.1) is 0 Å². The normalized spacial score (nSPS) is 14.6. The summed E-state index contributed by atoms with van der Waals surface area (Å²) in [6, 6.07) is 0. The van der Waals surface area contributed by atoms with Gasteiger partial charge in [-0.25, -0.2) is 12.7 Å². The van der Waals surface area contributed by atoms with E-state index in [1.165, 1.54) is 4.31 Å². The molecule has 0 fully saturated rings. The number of hydrogen-bond donors (Lipinski definition) is 0. The zero-order valence-electron chi connectivity index (χ0n) is 9.78. The van der Waals surface area contributed by atoms with Gasteiger partial charge in [0.05, 0.1) is 5.75 Å². The molecule has 0 aromatic carbocycles. The Hall–Kier alpha value is -0.0900. The van der Waals surface area contributed by atoms with Crippen LogP contribution >= 0.6 is 0 Å². The van der Waals surface area contributed by atoms with E-state index in [9.17, 15) is 8.42 Å². The van der Waals surface area contributed by atoms with E-state index in [1.54, 1.807) is 0 Å². The smallest absolute Gasteiger partial charge is 0.212 e.